The molecule has 0 saturated carbocycles. The van der Waals surface area contributed by atoms with Crippen LogP contribution in [0.25, 0.3) is 11.5 Å². The molecule has 2 N–H and O–H groups in total. The molecule has 0 bridgehead atoms. The van der Waals surface area contributed by atoms with Gasteiger partial charge in [-0.3, -0.25) is 9.59 Å². The normalized spacial score (nSPS) is 16.9. The zero-order valence-corrected chi connectivity index (χ0v) is 18.3. The fourth-order valence-electron chi connectivity index (χ4n) is 3.89. The molecule has 1 saturated heterocycles. The highest BCUT2D eigenvalue weighted by Crippen LogP contribution is 2.28. The second-order valence-corrected chi connectivity index (χ2v) is 8.69. The van der Waals surface area contributed by atoms with Crippen LogP contribution in [0.3, 0.4) is 0 Å². The van der Waals surface area contributed by atoms with Crippen LogP contribution < -0.4 is 5.32 Å². The van der Waals surface area contributed by atoms with E-state index in [9.17, 15) is 14.7 Å². The standard InChI is InChI=1S/C22H30N4O4/c1-13-9-14(2)18(15(3)10-13)20-24-25-21(30-20)19(29)16-7-6-8-26(16)17(28)11-23-22(4,5)12-27/h9-10,16,23,27H,6-8,11-12H2,1-5H3. The highest BCUT2D eigenvalue weighted by atomic mass is 16.4. The predicted octanol–water partition coefficient (Wildman–Crippen LogP) is 2.20. The predicted molar refractivity (Wildman–Crippen MR) is 112 cm³/mol. The lowest BCUT2D eigenvalue weighted by Gasteiger charge is -2.27. The van der Waals surface area contributed by atoms with Crippen LogP contribution in [0.2, 0.25) is 0 Å². The van der Waals surface area contributed by atoms with Gasteiger partial charge in [-0.15, -0.1) is 10.2 Å². The van der Waals surface area contributed by atoms with Crippen LogP contribution in [0.5, 0.6) is 0 Å². The van der Waals surface area contributed by atoms with Crippen molar-refractivity contribution in [3.8, 4) is 11.5 Å². The Labute approximate surface area is 176 Å². The lowest BCUT2D eigenvalue weighted by Crippen LogP contribution is -2.50. The van der Waals surface area contributed by atoms with Crippen molar-refractivity contribution in [3.05, 3.63) is 34.7 Å². The summed E-state index contributed by atoms with van der Waals surface area (Å²) in [5, 5.41) is 20.4. The minimum atomic E-state index is -0.606. The quantitative estimate of drug-likeness (QED) is 0.669. The molecular formula is C22H30N4O4. The molecule has 1 aromatic carbocycles. The lowest BCUT2D eigenvalue weighted by atomic mass is 10.00. The molecule has 0 radical (unpaired) electrons. The minimum absolute atomic E-state index is 0.0498. The Morgan fingerprint density at radius 1 is 1.23 bits per heavy atom. The second kappa shape index (κ2) is 8.65. The number of aliphatic hydroxyl groups is 1. The lowest BCUT2D eigenvalue weighted by molar-refractivity contribution is -0.130. The number of benzene rings is 1. The number of carbonyl (C=O) groups excluding carboxylic acids is 2. The number of carbonyl (C=O) groups is 2. The van der Waals surface area contributed by atoms with E-state index in [1.807, 2.05) is 46.8 Å². The average molecular weight is 415 g/mol. The molecule has 1 aliphatic heterocycles. The van der Waals surface area contributed by atoms with Crippen LogP contribution in [-0.2, 0) is 4.79 Å². The van der Waals surface area contributed by atoms with Gasteiger partial charge in [0, 0.05) is 17.6 Å². The number of aliphatic hydroxyl groups excluding tert-OH is 1. The van der Waals surface area contributed by atoms with Gasteiger partial charge >= 0.3 is 0 Å². The highest BCUT2D eigenvalue weighted by molar-refractivity contribution is 5.99. The van der Waals surface area contributed by atoms with Crippen molar-refractivity contribution in [3.63, 3.8) is 0 Å². The van der Waals surface area contributed by atoms with Crippen LogP contribution in [-0.4, -0.2) is 63.2 Å². The molecule has 8 heteroatoms. The van der Waals surface area contributed by atoms with Gasteiger partial charge in [-0.25, -0.2) is 0 Å². The number of likely N-dealkylation sites (tertiary alicyclic amines) is 1. The Kier molecular flexibility index (Phi) is 6.38. The number of aryl methyl sites for hydroxylation is 3. The molecule has 30 heavy (non-hydrogen) atoms. The summed E-state index contributed by atoms with van der Waals surface area (Å²) >= 11 is 0. The molecule has 1 aliphatic rings. The van der Waals surface area contributed by atoms with Crippen LogP contribution >= 0.6 is 0 Å². The van der Waals surface area contributed by atoms with Gasteiger partial charge in [-0.05, 0) is 58.6 Å². The van der Waals surface area contributed by atoms with E-state index in [1.165, 1.54) is 0 Å². The largest absolute Gasteiger partial charge is 0.413 e. The van der Waals surface area contributed by atoms with Gasteiger partial charge in [-0.2, -0.15) is 0 Å². The number of ketones is 1. The summed E-state index contributed by atoms with van der Waals surface area (Å²) in [7, 11) is 0. The summed E-state index contributed by atoms with van der Waals surface area (Å²) in [5.41, 5.74) is 3.42. The molecule has 0 spiro atoms. The number of aromatic nitrogens is 2. The highest BCUT2D eigenvalue weighted by Gasteiger charge is 2.37. The summed E-state index contributed by atoms with van der Waals surface area (Å²) in [4.78, 5) is 27.3. The third-order valence-electron chi connectivity index (χ3n) is 5.52. The average Bonchev–Trinajstić information content (AvgIpc) is 3.35. The third kappa shape index (κ3) is 4.60. The smallest absolute Gasteiger partial charge is 0.286 e. The monoisotopic (exact) mass is 414 g/mol. The van der Waals surface area contributed by atoms with E-state index in [4.69, 9.17) is 4.42 Å². The molecular weight excluding hydrogens is 384 g/mol. The van der Waals surface area contributed by atoms with Crippen LogP contribution in [0, 0.1) is 20.8 Å². The fraction of sp³-hybridized carbons (Fsp3) is 0.545. The van der Waals surface area contributed by atoms with E-state index < -0.39 is 11.6 Å². The zero-order chi connectivity index (χ0) is 22.1. The van der Waals surface area contributed by atoms with E-state index >= 15 is 0 Å². The molecule has 8 nitrogen and oxygen atoms in total. The van der Waals surface area contributed by atoms with Crippen molar-refractivity contribution >= 4 is 11.7 Å². The zero-order valence-electron chi connectivity index (χ0n) is 18.3. The number of nitrogens with one attached hydrogen (secondary N) is 1. The summed E-state index contributed by atoms with van der Waals surface area (Å²) in [6, 6.07) is 3.46. The minimum Gasteiger partial charge on any atom is -0.413 e. The van der Waals surface area contributed by atoms with E-state index in [2.05, 4.69) is 15.5 Å². The molecule has 1 unspecified atom stereocenters. The second-order valence-electron chi connectivity index (χ2n) is 8.69. The topological polar surface area (TPSA) is 109 Å². The first kappa shape index (κ1) is 22.1. The summed E-state index contributed by atoms with van der Waals surface area (Å²) in [6.45, 7) is 10.0. The number of nitrogens with zero attached hydrogens (tertiary/aromatic N) is 3. The molecule has 2 aromatic rings. The number of hydrogen-bond acceptors (Lipinski definition) is 7. The van der Waals surface area contributed by atoms with Gasteiger partial charge in [0.15, 0.2) is 0 Å². The van der Waals surface area contributed by atoms with Crippen molar-refractivity contribution in [2.24, 2.45) is 0 Å². The van der Waals surface area contributed by atoms with Crippen molar-refractivity contribution < 1.29 is 19.1 Å². The Bertz CT molecular complexity index is 927. The van der Waals surface area contributed by atoms with Crippen LogP contribution in [0.15, 0.2) is 16.5 Å². The Morgan fingerprint density at radius 2 is 1.90 bits per heavy atom. The maximum atomic E-state index is 13.0. The summed E-state index contributed by atoms with van der Waals surface area (Å²) < 4.78 is 5.75. The summed E-state index contributed by atoms with van der Waals surface area (Å²) in [6.07, 6.45) is 1.30. The number of amides is 1. The van der Waals surface area contributed by atoms with Gasteiger partial charge in [0.2, 0.25) is 17.6 Å². The molecule has 1 atom stereocenters. The van der Waals surface area contributed by atoms with Crippen molar-refractivity contribution in [1.82, 2.24) is 20.4 Å². The Morgan fingerprint density at radius 3 is 2.53 bits per heavy atom. The first-order valence-corrected chi connectivity index (χ1v) is 10.2. The third-order valence-corrected chi connectivity index (χ3v) is 5.52. The van der Waals surface area contributed by atoms with Crippen molar-refractivity contribution in [2.45, 2.75) is 59.0 Å². The molecule has 1 aromatic heterocycles. The SMILES string of the molecule is Cc1cc(C)c(-c2nnc(C(=O)C3CCCN3C(=O)CNC(C)(C)CO)o2)c(C)c1. The van der Waals surface area contributed by atoms with Crippen LogP contribution in [0.4, 0.5) is 0 Å². The van der Waals surface area contributed by atoms with E-state index in [1.54, 1.807) is 4.90 Å². The number of rotatable bonds is 7. The van der Waals surface area contributed by atoms with Crippen molar-refractivity contribution in [2.75, 3.05) is 19.7 Å². The molecule has 1 amide bonds. The maximum Gasteiger partial charge on any atom is 0.286 e. The number of hydrogen-bond donors (Lipinski definition) is 2. The Hall–Kier alpha value is -2.58. The fourth-order valence-corrected chi connectivity index (χ4v) is 3.89. The summed E-state index contributed by atoms with van der Waals surface area (Å²) in [5.74, 6) is -0.269. The molecule has 162 valence electrons. The molecule has 2 heterocycles. The van der Waals surface area contributed by atoms with Gasteiger partial charge in [-0.1, -0.05) is 17.7 Å². The van der Waals surface area contributed by atoms with E-state index in [0.29, 0.717) is 18.9 Å². The van der Waals surface area contributed by atoms with Gasteiger partial charge in [0.05, 0.1) is 13.2 Å². The molecule has 0 aliphatic carbocycles. The van der Waals surface area contributed by atoms with Gasteiger partial charge in [0.25, 0.3) is 5.89 Å². The van der Waals surface area contributed by atoms with E-state index in [0.717, 1.165) is 28.7 Å². The number of Topliss-reactive ketones (excluding diaryl/α,β-unsaturated/α-hetero) is 1. The van der Waals surface area contributed by atoms with Crippen LogP contribution in [0.1, 0.15) is 54.1 Å². The van der Waals surface area contributed by atoms with Gasteiger partial charge in [0.1, 0.15) is 6.04 Å². The maximum absolute atomic E-state index is 13.0. The first-order chi connectivity index (χ1) is 14.1. The Balaban J connectivity index is 1.76. The van der Waals surface area contributed by atoms with Crippen molar-refractivity contribution in [1.29, 1.82) is 0 Å². The van der Waals surface area contributed by atoms with Gasteiger partial charge < -0.3 is 19.7 Å². The van der Waals surface area contributed by atoms with E-state index in [-0.39, 0.29) is 30.7 Å². The molecule has 3 rings (SSSR count). The first-order valence-electron chi connectivity index (χ1n) is 10.2. The molecule has 1 fully saturated rings.